The molecule has 0 saturated heterocycles. The molecule has 0 aromatic heterocycles. The van der Waals surface area contributed by atoms with Gasteiger partial charge in [0.05, 0.1) is 39.6 Å². The van der Waals surface area contributed by atoms with Gasteiger partial charge in [0.25, 0.3) is 0 Å². The fourth-order valence-electron chi connectivity index (χ4n) is 3.99. The molecular formula is C33H56N4O8. The van der Waals surface area contributed by atoms with E-state index in [0.29, 0.717) is 19.6 Å². The molecule has 0 aliphatic rings. The first-order chi connectivity index (χ1) is 21.8. The van der Waals surface area contributed by atoms with Crippen LogP contribution in [0.3, 0.4) is 0 Å². The predicted octanol–water partition coefficient (Wildman–Crippen LogP) is 3.62. The van der Waals surface area contributed by atoms with Crippen LogP contribution in [0.2, 0.25) is 0 Å². The van der Waals surface area contributed by atoms with Crippen LogP contribution in [0, 0.1) is 0 Å². The predicted molar refractivity (Wildman–Crippen MR) is 173 cm³/mol. The van der Waals surface area contributed by atoms with E-state index in [0.717, 1.165) is 44.1 Å². The molecule has 0 bridgehead atoms. The smallest absolute Gasteiger partial charge is 0.408 e. The highest BCUT2D eigenvalue weighted by molar-refractivity contribution is 5.76. The van der Waals surface area contributed by atoms with Gasteiger partial charge in [-0.05, 0) is 24.8 Å². The molecule has 0 fully saturated rings. The first-order valence-corrected chi connectivity index (χ1v) is 16.4. The third-order valence-electron chi connectivity index (χ3n) is 6.69. The summed E-state index contributed by atoms with van der Waals surface area (Å²) in [5, 5.41) is 11.4. The van der Waals surface area contributed by atoms with Gasteiger partial charge in [-0.3, -0.25) is 14.4 Å². The molecule has 0 aliphatic heterocycles. The number of carbonyl (C=O) groups is 4. The fraction of sp³-hybridized carbons (Fsp3) is 0.697. The molecule has 0 radical (unpaired) electrons. The first-order valence-electron chi connectivity index (χ1n) is 16.4. The van der Waals surface area contributed by atoms with Crippen molar-refractivity contribution in [2.24, 2.45) is 0 Å². The molecule has 4 N–H and O–H groups in total. The van der Waals surface area contributed by atoms with Crippen molar-refractivity contribution in [3.63, 3.8) is 0 Å². The molecular weight excluding hydrogens is 580 g/mol. The Kier molecular flexibility index (Phi) is 23.0. The van der Waals surface area contributed by atoms with Crippen LogP contribution in [-0.2, 0) is 39.9 Å². The average molecular weight is 637 g/mol. The van der Waals surface area contributed by atoms with Crippen molar-refractivity contribution in [1.29, 1.82) is 0 Å². The molecule has 1 aromatic rings. The highest BCUT2D eigenvalue weighted by Gasteiger charge is 2.35. The molecule has 1 aromatic carbocycles. The van der Waals surface area contributed by atoms with Gasteiger partial charge in [0.15, 0.2) is 0 Å². The van der Waals surface area contributed by atoms with Gasteiger partial charge >= 0.3 is 6.09 Å². The van der Waals surface area contributed by atoms with E-state index < -0.39 is 11.6 Å². The van der Waals surface area contributed by atoms with Crippen molar-refractivity contribution in [2.45, 2.75) is 90.7 Å². The average Bonchev–Trinajstić information content (AvgIpc) is 3.03. The minimum Gasteiger partial charge on any atom is -0.445 e. The Morgan fingerprint density at radius 2 is 1.02 bits per heavy atom. The SMILES string of the molecule is CCCCNC(=O)CCOCC(COCCC(=O)NCCCC)(COCCC(=O)NCCCC)NC(=O)OCc1ccccc1. The maximum atomic E-state index is 13.0. The third-order valence-corrected chi connectivity index (χ3v) is 6.69. The molecule has 0 saturated carbocycles. The Hall–Kier alpha value is -3.22. The van der Waals surface area contributed by atoms with Crippen LogP contribution < -0.4 is 21.3 Å². The second-order valence-corrected chi connectivity index (χ2v) is 11.0. The van der Waals surface area contributed by atoms with Crippen LogP contribution in [0.5, 0.6) is 0 Å². The number of amides is 4. The number of hydrogen-bond acceptors (Lipinski definition) is 8. The lowest BCUT2D eigenvalue weighted by Crippen LogP contribution is -2.59. The van der Waals surface area contributed by atoms with Crippen LogP contribution in [0.25, 0.3) is 0 Å². The Morgan fingerprint density at radius 1 is 0.622 bits per heavy atom. The van der Waals surface area contributed by atoms with E-state index in [-0.39, 0.29) is 83.2 Å². The van der Waals surface area contributed by atoms with Gasteiger partial charge in [-0.25, -0.2) is 4.79 Å². The largest absolute Gasteiger partial charge is 0.445 e. The monoisotopic (exact) mass is 636 g/mol. The quantitative estimate of drug-likeness (QED) is 0.107. The number of ether oxygens (including phenoxy) is 4. The van der Waals surface area contributed by atoms with E-state index in [4.69, 9.17) is 18.9 Å². The summed E-state index contributed by atoms with van der Waals surface area (Å²) < 4.78 is 23.1. The van der Waals surface area contributed by atoms with Gasteiger partial charge in [0.1, 0.15) is 12.1 Å². The maximum Gasteiger partial charge on any atom is 0.408 e. The molecule has 0 atom stereocenters. The molecule has 0 spiro atoms. The van der Waals surface area contributed by atoms with Crippen molar-refractivity contribution in [3.8, 4) is 0 Å². The van der Waals surface area contributed by atoms with E-state index in [1.54, 1.807) is 0 Å². The Morgan fingerprint density at radius 3 is 1.40 bits per heavy atom. The van der Waals surface area contributed by atoms with Gasteiger partial charge in [-0.1, -0.05) is 70.4 Å². The maximum absolute atomic E-state index is 13.0. The summed E-state index contributed by atoms with van der Waals surface area (Å²) in [4.78, 5) is 49.5. The third kappa shape index (κ3) is 21.2. The Balaban J connectivity index is 2.90. The van der Waals surface area contributed by atoms with Gasteiger partial charge in [-0.15, -0.1) is 0 Å². The summed E-state index contributed by atoms with van der Waals surface area (Å²) in [6.45, 7) is 8.19. The Bertz CT molecular complexity index is 874. The number of alkyl carbamates (subject to hydrolysis) is 1. The number of nitrogens with one attached hydrogen (secondary N) is 4. The zero-order valence-electron chi connectivity index (χ0n) is 27.6. The summed E-state index contributed by atoms with van der Waals surface area (Å²) in [6.07, 6.45) is 5.36. The van der Waals surface area contributed by atoms with E-state index >= 15 is 0 Å². The lowest BCUT2D eigenvalue weighted by Gasteiger charge is -2.33. The van der Waals surface area contributed by atoms with Crippen molar-refractivity contribution in [2.75, 3.05) is 59.3 Å². The molecule has 4 amide bonds. The van der Waals surface area contributed by atoms with Crippen molar-refractivity contribution in [1.82, 2.24) is 21.3 Å². The fourth-order valence-corrected chi connectivity index (χ4v) is 3.99. The standard InChI is InChI=1S/C33H56N4O8/c1-4-7-18-34-29(38)15-21-42-25-33(26-43-22-16-30(39)35-19-8-5-2,27-44-23-17-31(40)36-20-9-6-3)37-32(41)45-24-28-13-11-10-12-14-28/h10-14H,4-9,15-27H2,1-3H3,(H,34,38)(H,35,39)(H,36,40)(H,37,41). The minimum atomic E-state index is -1.22. The van der Waals surface area contributed by atoms with Crippen LogP contribution >= 0.6 is 0 Å². The van der Waals surface area contributed by atoms with Crippen LogP contribution in [-0.4, -0.2) is 88.6 Å². The summed E-state index contributed by atoms with van der Waals surface area (Å²) >= 11 is 0. The van der Waals surface area contributed by atoms with Crippen molar-refractivity contribution < 1.29 is 38.1 Å². The van der Waals surface area contributed by atoms with Gasteiger partial charge in [0, 0.05) is 38.9 Å². The van der Waals surface area contributed by atoms with Crippen LogP contribution in [0.4, 0.5) is 4.79 Å². The molecule has 0 unspecified atom stereocenters. The molecule has 45 heavy (non-hydrogen) atoms. The topological polar surface area (TPSA) is 153 Å². The van der Waals surface area contributed by atoms with E-state index in [1.165, 1.54) is 0 Å². The highest BCUT2D eigenvalue weighted by Crippen LogP contribution is 2.12. The van der Waals surface area contributed by atoms with E-state index in [2.05, 4.69) is 42.0 Å². The van der Waals surface area contributed by atoms with Crippen LogP contribution in [0.1, 0.15) is 84.1 Å². The van der Waals surface area contributed by atoms with Gasteiger partial charge in [-0.2, -0.15) is 0 Å². The highest BCUT2D eigenvalue weighted by atomic mass is 16.6. The molecule has 1 rings (SSSR count). The lowest BCUT2D eigenvalue weighted by molar-refractivity contribution is -0.122. The van der Waals surface area contributed by atoms with Crippen LogP contribution in [0.15, 0.2) is 30.3 Å². The number of rotatable bonds is 27. The summed E-state index contributed by atoms with van der Waals surface area (Å²) in [6, 6.07) is 9.27. The Labute approximate surface area is 269 Å². The number of hydrogen-bond donors (Lipinski definition) is 4. The van der Waals surface area contributed by atoms with Gasteiger partial charge < -0.3 is 40.2 Å². The summed E-state index contributed by atoms with van der Waals surface area (Å²) in [5.74, 6) is -0.375. The zero-order valence-corrected chi connectivity index (χ0v) is 27.6. The second kappa shape index (κ2) is 26.0. The summed E-state index contributed by atoms with van der Waals surface area (Å²) in [7, 11) is 0. The number of unbranched alkanes of at least 4 members (excludes halogenated alkanes) is 3. The van der Waals surface area contributed by atoms with Gasteiger partial charge in [0.2, 0.25) is 17.7 Å². The van der Waals surface area contributed by atoms with E-state index in [1.807, 2.05) is 30.3 Å². The molecule has 256 valence electrons. The normalized spacial score (nSPS) is 11.1. The summed E-state index contributed by atoms with van der Waals surface area (Å²) in [5.41, 5.74) is -0.400. The number of carbonyl (C=O) groups excluding carboxylic acids is 4. The van der Waals surface area contributed by atoms with Crippen molar-refractivity contribution in [3.05, 3.63) is 35.9 Å². The second-order valence-electron chi connectivity index (χ2n) is 11.0. The molecule has 0 heterocycles. The minimum absolute atomic E-state index is 0.0545. The zero-order chi connectivity index (χ0) is 33.0. The van der Waals surface area contributed by atoms with E-state index in [9.17, 15) is 19.2 Å². The van der Waals surface area contributed by atoms with Crippen molar-refractivity contribution >= 4 is 23.8 Å². The lowest BCUT2D eigenvalue weighted by atomic mass is 10.0. The molecule has 0 aliphatic carbocycles. The molecule has 12 heteroatoms. The molecule has 12 nitrogen and oxygen atoms in total. The first kappa shape index (κ1) is 39.8. The number of benzene rings is 1.